The number of hydrogen-bond donors (Lipinski definition) is 0. The minimum absolute atomic E-state index is 0.00673. The van der Waals surface area contributed by atoms with Crippen LogP contribution >= 0.6 is 0 Å². The fourth-order valence-electron chi connectivity index (χ4n) is 3.45. The van der Waals surface area contributed by atoms with Crippen LogP contribution in [-0.4, -0.2) is 57.5 Å². The Morgan fingerprint density at radius 1 is 1.29 bits per heavy atom. The Hall–Kier alpha value is -1.76. The third-order valence-corrected chi connectivity index (χ3v) is 6.66. The molecule has 0 unspecified atom stereocenters. The summed E-state index contributed by atoms with van der Waals surface area (Å²) in [7, 11) is 0.444. The second kappa shape index (κ2) is 6.63. The van der Waals surface area contributed by atoms with Gasteiger partial charge in [0.15, 0.2) is 11.5 Å². The SMILES string of the molecule is COc1cccc2c1OC[C@H](C(=O)N(C)C1CCS(=O)(=O)CC1)C2. The Kier molecular flexibility index (Phi) is 4.71. The smallest absolute Gasteiger partial charge is 0.229 e. The van der Waals surface area contributed by atoms with E-state index in [-0.39, 0.29) is 29.4 Å². The van der Waals surface area contributed by atoms with Crippen molar-refractivity contribution in [3.05, 3.63) is 23.8 Å². The highest BCUT2D eigenvalue weighted by Crippen LogP contribution is 2.36. The molecular weight excluding hydrogens is 330 g/mol. The summed E-state index contributed by atoms with van der Waals surface area (Å²) in [6.07, 6.45) is 1.64. The number of carbonyl (C=O) groups is 1. The molecule has 24 heavy (non-hydrogen) atoms. The van der Waals surface area contributed by atoms with Crippen molar-refractivity contribution in [2.75, 3.05) is 32.3 Å². The number of rotatable bonds is 3. The van der Waals surface area contributed by atoms with Crippen LogP contribution in [0.15, 0.2) is 18.2 Å². The molecule has 0 N–H and O–H groups in total. The molecule has 0 aromatic heterocycles. The molecule has 0 spiro atoms. The number of benzene rings is 1. The van der Waals surface area contributed by atoms with E-state index in [0.717, 1.165) is 11.3 Å². The van der Waals surface area contributed by atoms with Crippen LogP contribution in [0.25, 0.3) is 0 Å². The third kappa shape index (κ3) is 3.36. The predicted octanol–water partition coefficient (Wildman–Crippen LogP) is 1.28. The lowest BCUT2D eigenvalue weighted by atomic mass is 9.94. The molecule has 3 rings (SSSR count). The van der Waals surface area contributed by atoms with E-state index in [0.29, 0.717) is 31.6 Å². The molecule has 1 atom stereocenters. The minimum atomic E-state index is -2.92. The number of methoxy groups -OCH3 is 1. The number of carbonyl (C=O) groups excluding carboxylic acids is 1. The van der Waals surface area contributed by atoms with Gasteiger partial charge in [0, 0.05) is 13.1 Å². The summed E-state index contributed by atoms with van der Waals surface area (Å²) in [5.74, 6) is 1.51. The molecule has 132 valence electrons. The minimum Gasteiger partial charge on any atom is -0.493 e. The van der Waals surface area contributed by atoms with E-state index in [1.54, 1.807) is 19.1 Å². The van der Waals surface area contributed by atoms with Gasteiger partial charge in [0.2, 0.25) is 5.91 Å². The van der Waals surface area contributed by atoms with Crippen LogP contribution in [0.3, 0.4) is 0 Å². The molecule has 0 bridgehead atoms. The van der Waals surface area contributed by atoms with E-state index < -0.39 is 9.84 Å². The van der Waals surface area contributed by atoms with Gasteiger partial charge in [-0.05, 0) is 30.9 Å². The molecule has 2 aliphatic rings. The summed E-state index contributed by atoms with van der Waals surface area (Å²) >= 11 is 0. The van der Waals surface area contributed by atoms with Crippen LogP contribution < -0.4 is 9.47 Å². The van der Waals surface area contributed by atoms with Crippen molar-refractivity contribution < 1.29 is 22.7 Å². The van der Waals surface area contributed by atoms with Gasteiger partial charge >= 0.3 is 0 Å². The van der Waals surface area contributed by atoms with E-state index >= 15 is 0 Å². The van der Waals surface area contributed by atoms with E-state index in [2.05, 4.69) is 0 Å². The summed E-state index contributed by atoms with van der Waals surface area (Å²) in [5.41, 5.74) is 0.971. The number of nitrogens with zero attached hydrogens (tertiary/aromatic N) is 1. The maximum Gasteiger partial charge on any atom is 0.229 e. The number of ether oxygens (including phenoxy) is 2. The number of hydrogen-bond acceptors (Lipinski definition) is 5. The normalized spacial score (nSPS) is 23.0. The van der Waals surface area contributed by atoms with Gasteiger partial charge in [0.25, 0.3) is 0 Å². The van der Waals surface area contributed by atoms with Crippen LogP contribution in [0.1, 0.15) is 18.4 Å². The predicted molar refractivity (Wildman–Crippen MR) is 90.1 cm³/mol. The highest BCUT2D eigenvalue weighted by atomic mass is 32.2. The van der Waals surface area contributed by atoms with Crippen molar-refractivity contribution in [1.82, 2.24) is 4.90 Å². The van der Waals surface area contributed by atoms with Crippen LogP contribution in [0, 0.1) is 5.92 Å². The maximum absolute atomic E-state index is 12.8. The topological polar surface area (TPSA) is 72.9 Å². The van der Waals surface area contributed by atoms with Gasteiger partial charge in [-0.1, -0.05) is 12.1 Å². The Balaban J connectivity index is 1.68. The zero-order valence-corrected chi connectivity index (χ0v) is 14.8. The average molecular weight is 353 g/mol. The fraction of sp³-hybridized carbons (Fsp3) is 0.588. The molecule has 6 nitrogen and oxygen atoms in total. The van der Waals surface area contributed by atoms with Crippen molar-refractivity contribution in [2.24, 2.45) is 5.92 Å². The van der Waals surface area contributed by atoms with Crippen molar-refractivity contribution >= 4 is 15.7 Å². The molecule has 1 amide bonds. The van der Waals surface area contributed by atoms with Crippen LogP contribution in [0.2, 0.25) is 0 Å². The monoisotopic (exact) mass is 353 g/mol. The zero-order valence-electron chi connectivity index (χ0n) is 14.0. The largest absolute Gasteiger partial charge is 0.493 e. The molecule has 1 fully saturated rings. The Labute approximate surface area is 142 Å². The standard InChI is InChI=1S/C17H23NO5S/c1-18(14-6-8-24(20,21)9-7-14)17(19)13-10-12-4-3-5-15(22-2)16(12)23-11-13/h3-5,13-14H,6-11H2,1-2H3/t13-/m1/s1. The average Bonchev–Trinajstić information content (AvgIpc) is 2.59. The first-order valence-corrected chi connectivity index (χ1v) is 9.99. The van der Waals surface area contributed by atoms with Crippen LogP contribution in [0.4, 0.5) is 0 Å². The first-order valence-electron chi connectivity index (χ1n) is 8.17. The number of amides is 1. The number of para-hydroxylation sites is 1. The lowest BCUT2D eigenvalue weighted by Crippen LogP contribution is -2.46. The summed E-state index contributed by atoms with van der Waals surface area (Å²) < 4.78 is 34.2. The Morgan fingerprint density at radius 2 is 2.00 bits per heavy atom. The van der Waals surface area contributed by atoms with Crippen molar-refractivity contribution in [1.29, 1.82) is 0 Å². The maximum atomic E-state index is 12.8. The third-order valence-electron chi connectivity index (χ3n) is 4.94. The quantitative estimate of drug-likeness (QED) is 0.818. The fourth-order valence-corrected chi connectivity index (χ4v) is 4.91. The molecule has 7 heteroatoms. The van der Waals surface area contributed by atoms with Gasteiger partial charge in [-0.25, -0.2) is 8.42 Å². The summed E-state index contributed by atoms with van der Waals surface area (Å²) in [4.78, 5) is 14.5. The first kappa shape index (κ1) is 17.1. The van der Waals surface area contributed by atoms with Gasteiger partial charge < -0.3 is 14.4 Å². The molecule has 0 saturated carbocycles. The van der Waals surface area contributed by atoms with Crippen molar-refractivity contribution in [3.63, 3.8) is 0 Å². The van der Waals surface area contributed by atoms with E-state index in [9.17, 15) is 13.2 Å². The number of fused-ring (bicyclic) bond motifs is 1. The second-order valence-electron chi connectivity index (χ2n) is 6.49. The van der Waals surface area contributed by atoms with E-state index in [1.807, 2.05) is 18.2 Å². The highest BCUT2D eigenvalue weighted by Gasteiger charge is 2.34. The van der Waals surface area contributed by atoms with Crippen molar-refractivity contribution in [3.8, 4) is 11.5 Å². The molecule has 1 saturated heterocycles. The molecule has 2 heterocycles. The van der Waals surface area contributed by atoms with Crippen LogP contribution in [-0.2, 0) is 21.1 Å². The molecule has 2 aliphatic heterocycles. The molecular formula is C17H23NO5S. The first-order chi connectivity index (χ1) is 11.4. The highest BCUT2D eigenvalue weighted by molar-refractivity contribution is 7.91. The Bertz CT molecular complexity index is 716. The summed E-state index contributed by atoms with van der Waals surface area (Å²) in [6.45, 7) is 0.321. The van der Waals surface area contributed by atoms with Gasteiger partial charge in [0.05, 0.1) is 24.5 Å². The molecule has 0 aliphatic carbocycles. The summed E-state index contributed by atoms with van der Waals surface area (Å²) in [6, 6.07) is 5.68. The molecule has 0 radical (unpaired) electrons. The lowest BCUT2D eigenvalue weighted by Gasteiger charge is -2.35. The van der Waals surface area contributed by atoms with Crippen LogP contribution in [0.5, 0.6) is 11.5 Å². The Morgan fingerprint density at radius 3 is 2.67 bits per heavy atom. The second-order valence-corrected chi connectivity index (χ2v) is 8.80. The van der Waals surface area contributed by atoms with Gasteiger partial charge in [-0.15, -0.1) is 0 Å². The summed E-state index contributed by atoms with van der Waals surface area (Å²) in [5, 5.41) is 0. The molecule has 1 aromatic carbocycles. The number of sulfone groups is 1. The zero-order chi connectivity index (χ0) is 17.3. The lowest BCUT2D eigenvalue weighted by molar-refractivity contribution is -0.137. The van der Waals surface area contributed by atoms with E-state index in [4.69, 9.17) is 9.47 Å². The molecule has 1 aromatic rings. The van der Waals surface area contributed by atoms with Gasteiger partial charge in [-0.2, -0.15) is 0 Å². The van der Waals surface area contributed by atoms with Gasteiger partial charge in [0.1, 0.15) is 16.4 Å². The van der Waals surface area contributed by atoms with E-state index in [1.165, 1.54) is 0 Å². The van der Waals surface area contributed by atoms with Gasteiger partial charge in [-0.3, -0.25) is 4.79 Å². The van der Waals surface area contributed by atoms with Crippen molar-refractivity contribution in [2.45, 2.75) is 25.3 Å².